The first-order chi connectivity index (χ1) is 15.9. The number of aromatic nitrogens is 2. The second-order valence-electron chi connectivity index (χ2n) is 10.4. The Kier molecular flexibility index (Phi) is 7.41. The van der Waals surface area contributed by atoms with Gasteiger partial charge in [0.1, 0.15) is 17.2 Å². The number of hydrogen-bond acceptors (Lipinski definition) is 7. The van der Waals surface area contributed by atoms with Gasteiger partial charge in [-0.2, -0.15) is 0 Å². The molecule has 34 heavy (non-hydrogen) atoms. The van der Waals surface area contributed by atoms with E-state index < -0.39 is 17.7 Å². The smallest absolute Gasteiger partial charge is 0.339 e. The minimum absolute atomic E-state index is 0.0247. The van der Waals surface area contributed by atoms with Gasteiger partial charge < -0.3 is 19.1 Å². The summed E-state index contributed by atoms with van der Waals surface area (Å²) >= 11 is 0. The summed E-state index contributed by atoms with van der Waals surface area (Å²) < 4.78 is 18.8. The van der Waals surface area contributed by atoms with E-state index in [9.17, 15) is 9.59 Å². The third kappa shape index (κ3) is 5.43. The van der Waals surface area contributed by atoms with Crippen LogP contribution < -0.4 is 4.90 Å². The lowest BCUT2D eigenvalue weighted by Gasteiger charge is -2.41. The topological polar surface area (TPSA) is 82.4 Å². The van der Waals surface area contributed by atoms with Crippen molar-refractivity contribution < 1.29 is 23.8 Å². The summed E-state index contributed by atoms with van der Waals surface area (Å²) in [5.41, 5.74) is 2.06. The van der Waals surface area contributed by atoms with E-state index in [1.54, 1.807) is 6.20 Å². The highest BCUT2D eigenvalue weighted by molar-refractivity contribution is 5.93. The van der Waals surface area contributed by atoms with Crippen LogP contribution in [0.15, 0.2) is 25.1 Å². The molecule has 1 atom stereocenters. The fraction of sp³-hybridized carbons (Fsp3) is 0.577. The van der Waals surface area contributed by atoms with Crippen molar-refractivity contribution in [2.75, 3.05) is 31.7 Å². The number of esters is 1. The number of anilines is 1. The monoisotopic (exact) mass is 471 g/mol. The molecule has 0 amide bonds. The van der Waals surface area contributed by atoms with Crippen molar-refractivity contribution in [3.63, 3.8) is 0 Å². The predicted octanol–water partition coefficient (Wildman–Crippen LogP) is 4.64. The lowest BCUT2D eigenvalue weighted by atomic mass is 9.81. The number of ether oxygens (including phenoxy) is 3. The largest absolute Gasteiger partial charge is 0.501 e. The zero-order valence-corrected chi connectivity index (χ0v) is 21.4. The minimum Gasteiger partial charge on any atom is -0.501 e. The third-order valence-corrected chi connectivity index (χ3v) is 6.30. The molecule has 3 rings (SSSR count). The summed E-state index contributed by atoms with van der Waals surface area (Å²) in [6.45, 7) is 17.1. The highest BCUT2D eigenvalue weighted by Crippen LogP contribution is 2.40. The van der Waals surface area contributed by atoms with Gasteiger partial charge in [0.25, 0.3) is 0 Å². The molecular formula is C26H37N3O5. The number of nitrogens with zero attached hydrogens (tertiary/aromatic N) is 3. The van der Waals surface area contributed by atoms with Gasteiger partial charge in [0.2, 0.25) is 0 Å². The van der Waals surface area contributed by atoms with E-state index in [4.69, 9.17) is 14.2 Å². The average molecular weight is 472 g/mol. The van der Waals surface area contributed by atoms with Crippen LogP contribution in [0.4, 0.5) is 5.82 Å². The second kappa shape index (κ2) is 9.78. The first-order valence-electron chi connectivity index (χ1n) is 11.7. The molecule has 0 N–H and O–H groups in total. The molecule has 1 aliphatic rings. The quantitative estimate of drug-likeness (QED) is 0.315. The highest BCUT2D eigenvalue weighted by Gasteiger charge is 2.37. The zero-order valence-electron chi connectivity index (χ0n) is 21.4. The predicted molar refractivity (Wildman–Crippen MR) is 131 cm³/mol. The van der Waals surface area contributed by atoms with Crippen LogP contribution in [-0.4, -0.2) is 53.5 Å². The van der Waals surface area contributed by atoms with Crippen molar-refractivity contribution in [1.82, 2.24) is 9.38 Å². The fourth-order valence-corrected chi connectivity index (χ4v) is 4.41. The van der Waals surface area contributed by atoms with Crippen molar-refractivity contribution in [2.45, 2.75) is 66.1 Å². The molecule has 0 bridgehead atoms. The van der Waals surface area contributed by atoms with Crippen molar-refractivity contribution in [2.24, 2.45) is 5.41 Å². The van der Waals surface area contributed by atoms with Crippen LogP contribution in [-0.2, 0) is 19.0 Å². The maximum atomic E-state index is 13.0. The molecule has 8 heteroatoms. The molecule has 0 unspecified atom stereocenters. The van der Waals surface area contributed by atoms with Crippen molar-refractivity contribution >= 4 is 23.2 Å². The highest BCUT2D eigenvalue weighted by atomic mass is 16.6. The van der Waals surface area contributed by atoms with E-state index in [1.807, 2.05) is 38.2 Å². The third-order valence-electron chi connectivity index (χ3n) is 6.30. The van der Waals surface area contributed by atoms with E-state index in [0.717, 1.165) is 42.9 Å². The maximum Gasteiger partial charge on any atom is 0.339 e. The minimum atomic E-state index is -0.926. The molecule has 2 aromatic rings. The Bertz CT molecular complexity index is 1070. The summed E-state index contributed by atoms with van der Waals surface area (Å²) in [6.07, 6.45) is 4.10. The molecule has 0 aliphatic carbocycles. The summed E-state index contributed by atoms with van der Waals surface area (Å²) in [4.78, 5) is 31.9. The summed E-state index contributed by atoms with van der Waals surface area (Å²) in [7, 11) is 1.37. The van der Waals surface area contributed by atoms with Gasteiger partial charge in [-0.25, -0.2) is 9.78 Å². The Morgan fingerprint density at radius 2 is 1.94 bits per heavy atom. The summed E-state index contributed by atoms with van der Waals surface area (Å²) in [5, 5.41) is 0. The van der Waals surface area contributed by atoms with Gasteiger partial charge in [0.15, 0.2) is 11.9 Å². The van der Waals surface area contributed by atoms with Crippen LogP contribution in [0, 0.1) is 12.3 Å². The Hall–Kier alpha value is -2.87. The van der Waals surface area contributed by atoms with Crippen LogP contribution in [0.25, 0.3) is 5.65 Å². The maximum absolute atomic E-state index is 13.0. The van der Waals surface area contributed by atoms with Crippen LogP contribution >= 0.6 is 0 Å². The second-order valence-corrected chi connectivity index (χ2v) is 10.4. The molecule has 1 aliphatic heterocycles. The van der Waals surface area contributed by atoms with E-state index in [2.05, 4.69) is 23.4 Å². The number of pyridine rings is 1. The fourth-order valence-electron chi connectivity index (χ4n) is 4.41. The molecule has 0 aromatic carbocycles. The number of imidazole rings is 1. The van der Waals surface area contributed by atoms with Crippen molar-refractivity contribution in [3.8, 4) is 0 Å². The molecule has 3 heterocycles. The average Bonchev–Trinajstić information content (AvgIpc) is 3.19. The van der Waals surface area contributed by atoms with Gasteiger partial charge in [0, 0.05) is 37.2 Å². The molecule has 2 aromatic heterocycles. The van der Waals surface area contributed by atoms with Crippen LogP contribution in [0.1, 0.15) is 75.2 Å². The zero-order chi connectivity index (χ0) is 25.3. The molecule has 8 nitrogen and oxygen atoms in total. The number of hydrogen-bond donors (Lipinski definition) is 0. The number of carbonyl (C=O) groups is 2. The lowest BCUT2D eigenvalue weighted by molar-refractivity contribution is -0.164. The Morgan fingerprint density at radius 1 is 1.29 bits per heavy atom. The Labute approximate surface area is 201 Å². The SMILES string of the molecule is C=COCC1(C)CCN(c2c([C@H](OC(C)(C)C)C(=O)OC)c(C)cc3nc(C(C)=O)cn23)CC1. The number of fused-ring (bicyclic) bond motifs is 1. The first-order valence-corrected chi connectivity index (χ1v) is 11.7. The molecular weight excluding hydrogens is 434 g/mol. The number of carbonyl (C=O) groups excluding carboxylic acids is 2. The number of aryl methyl sites for hydroxylation is 1. The van der Waals surface area contributed by atoms with Gasteiger partial charge in [0.05, 0.1) is 25.6 Å². The van der Waals surface area contributed by atoms with E-state index in [-0.39, 0.29) is 11.2 Å². The normalized spacial score (nSPS) is 16.9. The van der Waals surface area contributed by atoms with Crippen LogP contribution in [0.2, 0.25) is 0 Å². The van der Waals surface area contributed by atoms with Gasteiger partial charge in [-0.05, 0) is 52.2 Å². The Balaban J connectivity index is 2.17. The standard InChI is InChI=1S/C26H37N3O5/c1-9-33-16-26(7)10-12-28(13-11-26)23-21(22(24(31)32-8)34-25(4,5)6)17(2)14-20-27-19(18(3)30)15-29(20)23/h9,14-15,22H,1,10-13,16H2,2-8H3/t22-/m0/s1. The Morgan fingerprint density at radius 3 is 2.47 bits per heavy atom. The van der Waals surface area contributed by atoms with Gasteiger partial charge in [-0.15, -0.1) is 0 Å². The molecule has 0 spiro atoms. The van der Waals surface area contributed by atoms with E-state index in [1.165, 1.54) is 20.3 Å². The molecule has 1 saturated heterocycles. The lowest BCUT2D eigenvalue weighted by Crippen LogP contribution is -2.42. The van der Waals surface area contributed by atoms with E-state index >= 15 is 0 Å². The number of piperidine rings is 1. The first kappa shape index (κ1) is 25.7. The van der Waals surface area contributed by atoms with E-state index in [0.29, 0.717) is 17.9 Å². The summed E-state index contributed by atoms with van der Waals surface area (Å²) in [5.74, 6) is 0.227. The molecule has 0 radical (unpaired) electrons. The molecule has 1 fully saturated rings. The van der Waals surface area contributed by atoms with Gasteiger partial charge >= 0.3 is 5.97 Å². The molecule has 0 saturated carbocycles. The molecule has 186 valence electrons. The number of methoxy groups -OCH3 is 1. The van der Waals surface area contributed by atoms with Crippen molar-refractivity contribution in [3.05, 3.63) is 41.9 Å². The number of rotatable bonds is 8. The van der Waals surface area contributed by atoms with Gasteiger partial charge in [-0.3, -0.25) is 9.20 Å². The number of ketones is 1. The van der Waals surface area contributed by atoms with Crippen LogP contribution in [0.5, 0.6) is 0 Å². The summed E-state index contributed by atoms with van der Waals surface area (Å²) in [6, 6.07) is 1.89. The number of Topliss-reactive ketones (excluding diaryl/α,β-unsaturated/α-hetero) is 1. The van der Waals surface area contributed by atoms with Gasteiger partial charge in [-0.1, -0.05) is 13.5 Å². The van der Waals surface area contributed by atoms with Crippen LogP contribution in [0.3, 0.4) is 0 Å². The van der Waals surface area contributed by atoms with Crippen molar-refractivity contribution in [1.29, 1.82) is 0 Å².